The first-order valence-corrected chi connectivity index (χ1v) is 6.55. The van der Waals surface area contributed by atoms with E-state index in [1.54, 1.807) is 6.92 Å². The predicted molar refractivity (Wildman–Crippen MR) is 74.6 cm³/mol. The van der Waals surface area contributed by atoms with Crippen LogP contribution in [0.5, 0.6) is 11.5 Å². The molecule has 0 saturated heterocycles. The average Bonchev–Trinajstić information content (AvgIpc) is 2.48. The Kier molecular flexibility index (Phi) is 6.12. The molecule has 124 valence electrons. The Balaban J connectivity index is 2.81. The van der Waals surface area contributed by atoms with Crippen molar-refractivity contribution in [3.63, 3.8) is 0 Å². The molecule has 8 heteroatoms. The molecule has 0 heterocycles. The first kappa shape index (κ1) is 18.2. The first-order chi connectivity index (χ1) is 10.2. The van der Waals surface area contributed by atoms with E-state index >= 15 is 0 Å². The van der Waals surface area contributed by atoms with E-state index in [0.717, 1.165) is 6.07 Å². The highest BCUT2D eigenvalue weighted by molar-refractivity contribution is 5.94. The van der Waals surface area contributed by atoms with Gasteiger partial charge in [0, 0.05) is 6.07 Å². The first-order valence-electron chi connectivity index (χ1n) is 6.55. The summed E-state index contributed by atoms with van der Waals surface area (Å²) >= 11 is 0. The highest BCUT2D eigenvalue weighted by Gasteiger charge is 2.26. The van der Waals surface area contributed by atoms with Crippen molar-refractivity contribution in [1.29, 1.82) is 0 Å². The molecule has 0 amide bonds. The van der Waals surface area contributed by atoms with Crippen molar-refractivity contribution in [1.82, 2.24) is 0 Å². The number of carbonyl (C=O) groups excluding carboxylic acids is 1. The summed E-state index contributed by atoms with van der Waals surface area (Å²) in [4.78, 5) is 11.9. The van der Waals surface area contributed by atoms with Gasteiger partial charge in [0.15, 0.2) is 0 Å². The van der Waals surface area contributed by atoms with Crippen LogP contribution in [0.4, 0.5) is 0 Å². The minimum absolute atomic E-state index is 0.167. The molecular formula is C14H20O8. The zero-order chi connectivity index (χ0) is 17.0. The molecular weight excluding hydrogens is 296 g/mol. The van der Waals surface area contributed by atoms with Crippen LogP contribution < -0.4 is 0 Å². The van der Waals surface area contributed by atoms with Crippen molar-refractivity contribution < 1.29 is 40.2 Å². The zero-order valence-electron chi connectivity index (χ0n) is 12.2. The molecule has 8 nitrogen and oxygen atoms in total. The second kappa shape index (κ2) is 7.41. The second-order valence-corrected chi connectivity index (χ2v) is 4.95. The molecule has 6 N–H and O–H groups in total. The van der Waals surface area contributed by atoms with Gasteiger partial charge in [0.05, 0.1) is 6.61 Å². The second-order valence-electron chi connectivity index (χ2n) is 4.95. The van der Waals surface area contributed by atoms with Crippen molar-refractivity contribution in [3.05, 3.63) is 22.8 Å². The Morgan fingerprint density at radius 3 is 2.23 bits per heavy atom. The molecule has 0 aromatic heterocycles. The van der Waals surface area contributed by atoms with Crippen LogP contribution in [0, 0.1) is 13.8 Å². The molecule has 3 atom stereocenters. The van der Waals surface area contributed by atoms with Gasteiger partial charge in [0.1, 0.15) is 42.0 Å². The molecule has 3 unspecified atom stereocenters. The van der Waals surface area contributed by atoms with Crippen molar-refractivity contribution in [2.45, 2.75) is 32.2 Å². The summed E-state index contributed by atoms with van der Waals surface area (Å²) in [6, 6.07) is 1.000. The number of rotatable bonds is 6. The zero-order valence-corrected chi connectivity index (χ0v) is 12.2. The number of hydrogen-bond acceptors (Lipinski definition) is 8. The fourth-order valence-corrected chi connectivity index (χ4v) is 1.84. The smallest absolute Gasteiger partial charge is 0.342 e. The summed E-state index contributed by atoms with van der Waals surface area (Å²) in [6.45, 7) is 1.66. The predicted octanol–water partition coefficient (Wildman–Crippen LogP) is -1.05. The van der Waals surface area contributed by atoms with Gasteiger partial charge in [-0.15, -0.1) is 0 Å². The molecule has 1 aromatic carbocycles. The molecule has 0 aliphatic rings. The average molecular weight is 316 g/mol. The third-order valence-corrected chi connectivity index (χ3v) is 3.42. The Labute approximate surface area is 126 Å². The monoisotopic (exact) mass is 316 g/mol. The van der Waals surface area contributed by atoms with Gasteiger partial charge in [0.25, 0.3) is 0 Å². The SMILES string of the molecule is Cc1c(O)cc(O)c(C(=O)OCC(O)C(O)C(O)CO)c1C. The standard InChI is InChI=1S/C14H20O8/c1-6-7(2)12(9(17)3-8(6)16)14(21)22-5-11(19)13(20)10(18)4-15/h3,10-11,13,15-20H,4-5H2,1-2H3. The van der Waals surface area contributed by atoms with Gasteiger partial charge in [-0.05, 0) is 25.0 Å². The maximum absolute atomic E-state index is 11.9. The summed E-state index contributed by atoms with van der Waals surface area (Å²) in [5.74, 6) is -1.60. The molecule has 0 aliphatic carbocycles. The molecule has 0 bridgehead atoms. The lowest BCUT2D eigenvalue weighted by atomic mass is 10.0. The van der Waals surface area contributed by atoms with Crippen molar-refractivity contribution in [2.75, 3.05) is 13.2 Å². The van der Waals surface area contributed by atoms with Gasteiger partial charge >= 0.3 is 5.97 Å². The van der Waals surface area contributed by atoms with Crippen LogP contribution in [0.2, 0.25) is 0 Å². The molecule has 0 fully saturated rings. The van der Waals surface area contributed by atoms with Gasteiger partial charge in [-0.25, -0.2) is 4.79 Å². The lowest BCUT2D eigenvalue weighted by Crippen LogP contribution is -2.42. The number of benzene rings is 1. The van der Waals surface area contributed by atoms with Crippen LogP contribution >= 0.6 is 0 Å². The van der Waals surface area contributed by atoms with Crippen molar-refractivity contribution in [2.24, 2.45) is 0 Å². The molecule has 1 rings (SSSR count). The maximum atomic E-state index is 11.9. The summed E-state index contributed by atoms with van der Waals surface area (Å²) in [5, 5.41) is 56.0. The van der Waals surface area contributed by atoms with E-state index in [0.29, 0.717) is 11.1 Å². The van der Waals surface area contributed by atoms with Crippen LogP contribution in [0.3, 0.4) is 0 Å². The van der Waals surface area contributed by atoms with Gasteiger partial charge in [-0.3, -0.25) is 0 Å². The molecule has 0 spiro atoms. The van der Waals surface area contributed by atoms with E-state index in [1.807, 2.05) is 0 Å². The van der Waals surface area contributed by atoms with E-state index in [1.165, 1.54) is 6.92 Å². The van der Waals surface area contributed by atoms with Gasteiger partial charge < -0.3 is 35.4 Å². The van der Waals surface area contributed by atoms with Gasteiger partial charge in [0.2, 0.25) is 0 Å². The third-order valence-electron chi connectivity index (χ3n) is 3.42. The Morgan fingerprint density at radius 1 is 1.09 bits per heavy atom. The minimum Gasteiger partial charge on any atom is -0.508 e. The summed E-state index contributed by atoms with van der Waals surface area (Å²) in [6.07, 6.45) is -4.86. The summed E-state index contributed by atoms with van der Waals surface area (Å²) in [7, 11) is 0. The van der Waals surface area contributed by atoms with Gasteiger partial charge in [-0.2, -0.15) is 0 Å². The Bertz CT molecular complexity index is 542. The van der Waals surface area contributed by atoms with E-state index in [2.05, 4.69) is 0 Å². The van der Waals surface area contributed by atoms with Crippen LogP contribution in [-0.2, 0) is 4.74 Å². The number of aromatic hydroxyl groups is 2. The molecule has 22 heavy (non-hydrogen) atoms. The number of hydrogen-bond donors (Lipinski definition) is 6. The lowest BCUT2D eigenvalue weighted by molar-refractivity contribution is -0.0925. The number of aliphatic hydroxyl groups excluding tert-OH is 4. The van der Waals surface area contributed by atoms with E-state index < -0.39 is 43.2 Å². The van der Waals surface area contributed by atoms with Crippen LogP contribution in [0.25, 0.3) is 0 Å². The van der Waals surface area contributed by atoms with Crippen LogP contribution in [0.1, 0.15) is 21.5 Å². The van der Waals surface area contributed by atoms with Crippen LogP contribution in [-0.4, -0.2) is 68.1 Å². The van der Waals surface area contributed by atoms with E-state index in [9.17, 15) is 25.2 Å². The molecule has 0 saturated carbocycles. The van der Waals surface area contributed by atoms with Crippen molar-refractivity contribution >= 4 is 5.97 Å². The Morgan fingerprint density at radius 2 is 1.68 bits per heavy atom. The van der Waals surface area contributed by atoms with E-state index in [-0.39, 0.29) is 11.3 Å². The van der Waals surface area contributed by atoms with Crippen molar-refractivity contribution in [3.8, 4) is 11.5 Å². The fraction of sp³-hybridized carbons (Fsp3) is 0.500. The molecule has 1 aromatic rings. The van der Waals surface area contributed by atoms with Gasteiger partial charge in [-0.1, -0.05) is 0 Å². The number of phenolic OH excluding ortho intramolecular Hbond substituents is 2. The number of ether oxygens (including phenoxy) is 1. The highest BCUT2D eigenvalue weighted by Crippen LogP contribution is 2.31. The largest absolute Gasteiger partial charge is 0.508 e. The number of aliphatic hydroxyl groups is 4. The third kappa shape index (κ3) is 3.86. The molecule has 0 radical (unpaired) electrons. The number of carbonyl (C=O) groups is 1. The molecule has 0 aliphatic heterocycles. The maximum Gasteiger partial charge on any atom is 0.342 e. The summed E-state index contributed by atoms with van der Waals surface area (Å²) < 4.78 is 4.78. The highest BCUT2D eigenvalue weighted by atomic mass is 16.5. The number of phenols is 2. The topological polar surface area (TPSA) is 148 Å². The number of esters is 1. The van der Waals surface area contributed by atoms with Crippen LogP contribution in [0.15, 0.2) is 6.07 Å². The summed E-state index contributed by atoms with van der Waals surface area (Å²) in [5.41, 5.74) is 0.536. The normalized spacial score (nSPS) is 15.2. The Hall–Kier alpha value is -1.87. The quantitative estimate of drug-likeness (QED) is 0.364. The van der Waals surface area contributed by atoms with E-state index in [4.69, 9.17) is 14.9 Å². The minimum atomic E-state index is -1.69. The fourth-order valence-electron chi connectivity index (χ4n) is 1.84. The lowest BCUT2D eigenvalue weighted by Gasteiger charge is -2.21.